The molecule has 0 spiro atoms. The van der Waals surface area contributed by atoms with Gasteiger partial charge in [-0.1, -0.05) is 17.7 Å². The molecule has 0 radical (unpaired) electrons. The van der Waals surface area contributed by atoms with E-state index in [1.807, 2.05) is 45.0 Å². The SMILES string of the molecule is Cc1ccc(OCCN(C)C(=O)C(C)(C)CN)cc1.Cl. The summed E-state index contributed by atoms with van der Waals surface area (Å²) in [6.07, 6.45) is 0. The molecule has 0 atom stereocenters. The summed E-state index contributed by atoms with van der Waals surface area (Å²) in [5.74, 6) is 0.868. The van der Waals surface area contributed by atoms with Crippen molar-refractivity contribution in [1.29, 1.82) is 0 Å². The van der Waals surface area contributed by atoms with E-state index >= 15 is 0 Å². The van der Waals surface area contributed by atoms with Gasteiger partial charge in [-0.2, -0.15) is 0 Å². The molecular formula is C15H25ClN2O2. The van der Waals surface area contributed by atoms with Gasteiger partial charge in [0.1, 0.15) is 12.4 Å². The van der Waals surface area contributed by atoms with Crippen LogP contribution in [0.3, 0.4) is 0 Å². The van der Waals surface area contributed by atoms with Gasteiger partial charge < -0.3 is 15.4 Å². The summed E-state index contributed by atoms with van der Waals surface area (Å²) in [4.78, 5) is 13.7. The molecule has 20 heavy (non-hydrogen) atoms. The van der Waals surface area contributed by atoms with Gasteiger partial charge in [-0.15, -0.1) is 12.4 Å². The molecule has 0 fully saturated rings. The van der Waals surface area contributed by atoms with E-state index in [2.05, 4.69) is 0 Å². The number of aryl methyl sites for hydroxylation is 1. The minimum absolute atomic E-state index is 0. The predicted octanol–water partition coefficient (Wildman–Crippen LogP) is 2.24. The van der Waals surface area contributed by atoms with Crippen molar-refractivity contribution in [2.45, 2.75) is 20.8 Å². The van der Waals surface area contributed by atoms with Crippen molar-refractivity contribution in [1.82, 2.24) is 4.90 Å². The first-order chi connectivity index (χ1) is 8.86. The highest BCUT2D eigenvalue weighted by Gasteiger charge is 2.28. The molecule has 0 bridgehead atoms. The number of halogens is 1. The first-order valence-corrected chi connectivity index (χ1v) is 6.52. The largest absolute Gasteiger partial charge is 0.492 e. The van der Waals surface area contributed by atoms with E-state index in [-0.39, 0.29) is 18.3 Å². The number of benzene rings is 1. The highest BCUT2D eigenvalue weighted by molar-refractivity contribution is 5.85. The maximum atomic E-state index is 12.1. The third kappa shape index (κ3) is 5.39. The molecule has 1 amide bonds. The third-order valence-electron chi connectivity index (χ3n) is 3.15. The Bertz CT molecular complexity index is 418. The Morgan fingerprint density at radius 3 is 2.35 bits per heavy atom. The normalized spacial score (nSPS) is 10.7. The van der Waals surface area contributed by atoms with Gasteiger partial charge in [-0.25, -0.2) is 0 Å². The molecule has 0 saturated carbocycles. The Kier molecular flexibility index (Phi) is 7.61. The zero-order valence-corrected chi connectivity index (χ0v) is 13.5. The zero-order chi connectivity index (χ0) is 14.5. The van der Waals surface area contributed by atoms with E-state index in [4.69, 9.17) is 10.5 Å². The van der Waals surface area contributed by atoms with Crippen LogP contribution < -0.4 is 10.5 Å². The Morgan fingerprint density at radius 2 is 1.85 bits per heavy atom. The van der Waals surface area contributed by atoms with Gasteiger partial charge >= 0.3 is 0 Å². The Morgan fingerprint density at radius 1 is 1.30 bits per heavy atom. The van der Waals surface area contributed by atoms with E-state index in [9.17, 15) is 4.79 Å². The van der Waals surface area contributed by atoms with E-state index in [1.165, 1.54) is 5.56 Å². The van der Waals surface area contributed by atoms with Gasteiger partial charge in [0, 0.05) is 13.6 Å². The highest BCUT2D eigenvalue weighted by Crippen LogP contribution is 2.16. The number of carbonyl (C=O) groups excluding carboxylic acids is 1. The van der Waals surface area contributed by atoms with Crippen LogP contribution in [-0.2, 0) is 4.79 Å². The number of ether oxygens (including phenoxy) is 1. The van der Waals surface area contributed by atoms with Crippen LogP contribution in [0, 0.1) is 12.3 Å². The molecule has 0 heterocycles. The molecule has 0 aliphatic heterocycles. The van der Waals surface area contributed by atoms with Gasteiger partial charge in [0.2, 0.25) is 5.91 Å². The molecule has 1 rings (SSSR count). The number of likely N-dealkylation sites (N-methyl/N-ethyl adjacent to an activating group) is 1. The second-order valence-corrected chi connectivity index (χ2v) is 5.48. The van der Waals surface area contributed by atoms with Crippen molar-refractivity contribution >= 4 is 18.3 Å². The number of amides is 1. The van der Waals surface area contributed by atoms with Crippen LogP contribution in [-0.4, -0.2) is 37.6 Å². The van der Waals surface area contributed by atoms with Crippen LogP contribution in [0.4, 0.5) is 0 Å². The minimum Gasteiger partial charge on any atom is -0.492 e. The summed E-state index contributed by atoms with van der Waals surface area (Å²) in [6.45, 7) is 7.11. The third-order valence-corrected chi connectivity index (χ3v) is 3.15. The number of carbonyl (C=O) groups is 1. The first-order valence-electron chi connectivity index (χ1n) is 6.52. The summed E-state index contributed by atoms with van der Waals surface area (Å²) in [5.41, 5.74) is 6.28. The van der Waals surface area contributed by atoms with Crippen LogP contribution in [0.2, 0.25) is 0 Å². The lowest BCUT2D eigenvalue weighted by molar-refractivity contribution is -0.138. The number of nitrogens with two attached hydrogens (primary N) is 1. The van der Waals surface area contributed by atoms with E-state index in [1.54, 1.807) is 11.9 Å². The molecule has 0 aliphatic rings. The van der Waals surface area contributed by atoms with Gasteiger partial charge in [-0.3, -0.25) is 4.79 Å². The fourth-order valence-corrected chi connectivity index (χ4v) is 1.64. The standard InChI is InChI=1S/C15H24N2O2.ClH/c1-12-5-7-13(8-6-12)19-10-9-17(4)14(18)15(2,3)11-16;/h5-8H,9-11,16H2,1-4H3;1H. The lowest BCUT2D eigenvalue weighted by Gasteiger charge is -2.28. The zero-order valence-electron chi connectivity index (χ0n) is 12.7. The second kappa shape index (κ2) is 8.12. The number of nitrogens with zero attached hydrogens (tertiary/aromatic N) is 1. The Labute approximate surface area is 127 Å². The smallest absolute Gasteiger partial charge is 0.229 e. The first kappa shape index (κ1) is 18.7. The van der Waals surface area contributed by atoms with Crippen LogP contribution in [0.15, 0.2) is 24.3 Å². The summed E-state index contributed by atoms with van der Waals surface area (Å²) in [7, 11) is 1.78. The van der Waals surface area contributed by atoms with E-state index < -0.39 is 5.41 Å². The van der Waals surface area contributed by atoms with Gasteiger partial charge in [0.25, 0.3) is 0 Å². The van der Waals surface area contributed by atoms with E-state index in [0.717, 1.165) is 5.75 Å². The Balaban J connectivity index is 0.00000361. The maximum Gasteiger partial charge on any atom is 0.229 e. The summed E-state index contributed by atoms with van der Waals surface area (Å²) >= 11 is 0. The molecule has 1 aromatic rings. The van der Waals surface area contributed by atoms with Crippen LogP contribution >= 0.6 is 12.4 Å². The van der Waals surface area contributed by atoms with Gasteiger partial charge in [0.15, 0.2) is 0 Å². The molecule has 114 valence electrons. The minimum atomic E-state index is -0.515. The molecular weight excluding hydrogens is 276 g/mol. The van der Waals surface area contributed by atoms with Gasteiger partial charge in [0.05, 0.1) is 12.0 Å². The second-order valence-electron chi connectivity index (χ2n) is 5.48. The number of hydrogen-bond acceptors (Lipinski definition) is 3. The van der Waals surface area contributed by atoms with Crippen molar-refractivity contribution in [2.24, 2.45) is 11.1 Å². The molecule has 1 aromatic carbocycles. The molecule has 0 saturated heterocycles. The fourth-order valence-electron chi connectivity index (χ4n) is 1.64. The van der Waals surface area contributed by atoms with Crippen LogP contribution in [0.5, 0.6) is 5.75 Å². The molecule has 5 heteroatoms. The number of hydrogen-bond donors (Lipinski definition) is 1. The molecule has 4 nitrogen and oxygen atoms in total. The maximum absolute atomic E-state index is 12.1. The lowest BCUT2D eigenvalue weighted by Crippen LogP contribution is -2.44. The van der Waals surface area contributed by atoms with E-state index in [0.29, 0.717) is 19.7 Å². The van der Waals surface area contributed by atoms with Crippen molar-refractivity contribution in [2.75, 3.05) is 26.7 Å². The molecule has 0 aromatic heterocycles. The molecule has 0 aliphatic carbocycles. The highest BCUT2D eigenvalue weighted by atomic mass is 35.5. The Hall–Kier alpha value is -1.26. The fraction of sp³-hybridized carbons (Fsp3) is 0.533. The lowest BCUT2D eigenvalue weighted by atomic mass is 9.92. The topological polar surface area (TPSA) is 55.6 Å². The monoisotopic (exact) mass is 300 g/mol. The average Bonchev–Trinajstić information content (AvgIpc) is 2.40. The average molecular weight is 301 g/mol. The van der Waals surface area contributed by atoms with Gasteiger partial charge in [-0.05, 0) is 32.9 Å². The summed E-state index contributed by atoms with van der Waals surface area (Å²) < 4.78 is 5.60. The number of rotatable bonds is 6. The summed E-state index contributed by atoms with van der Waals surface area (Å²) in [5, 5.41) is 0. The molecule has 2 N–H and O–H groups in total. The van der Waals surface area contributed by atoms with Crippen LogP contribution in [0.25, 0.3) is 0 Å². The summed E-state index contributed by atoms with van der Waals surface area (Å²) in [6, 6.07) is 7.87. The van der Waals surface area contributed by atoms with Crippen LogP contribution in [0.1, 0.15) is 19.4 Å². The quantitative estimate of drug-likeness (QED) is 0.876. The predicted molar refractivity (Wildman–Crippen MR) is 84.4 cm³/mol. The van der Waals surface area contributed by atoms with Crippen molar-refractivity contribution in [3.63, 3.8) is 0 Å². The molecule has 0 unspecified atom stereocenters. The van der Waals surface area contributed by atoms with Crippen molar-refractivity contribution in [3.8, 4) is 5.75 Å². The van der Waals surface area contributed by atoms with Crippen molar-refractivity contribution < 1.29 is 9.53 Å². The van der Waals surface area contributed by atoms with Crippen molar-refractivity contribution in [3.05, 3.63) is 29.8 Å².